The molecule has 8 aromatic carbocycles. The Bertz CT molecular complexity index is 2740. The number of anilines is 8. The van der Waals surface area contributed by atoms with Gasteiger partial charge in [-0.2, -0.15) is 0 Å². The van der Waals surface area contributed by atoms with Crippen LogP contribution in [0.15, 0.2) is 218 Å². The lowest BCUT2D eigenvalue weighted by molar-refractivity contribution is 1.04. The van der Waals surface area contributed by atoms with Crippen LogP contribution < -0.4 is 26.0 Å². The number of fused-ring (bicyclic) bond motifs is 4. The maximum absolute atomic E-state index is 3.87. The van der Waals surface area contributed by atoms with Crippen LogP contribution in [-0.4, -0.2) is 7.28 Å². The number of hydrogen-bond acceptors (Lipinski definition) is 3. The molecule has 0 unspecified atom stereocenters. The molecule has 0 saturated carbocycles. The zero-order valence-corrected chi connectivity index (χ0v) is 32.3. The molecule has 0 spiro atoms. The van der Waals surface area contributed by atoms with Crippen molar-refractivity contribution in [3.05, 3.63) is 224 Å². The first-order valence-corrected chi connectivity index (χ1v) is 20.2. The van der Waals surface area contributed by atoms with Gasteiger partial charge in [0.2, 0.25) is 0 Å². The predicted octanol–water partition coefficient (Wildman–Crippen LogP) is 13.1. The molecule has 1 heterocycles. The van der Waals surface area contributed by atoms with E-state index in [9.17, 15) is 0 Å². The first-order chi connectivity index (χ1) is 28.8. The molecule has 10 rings (SSSR count). The van der Waals surface area contributed by atoms with Gasteiger partial charge in [-0.3, -0.25) is 0 Å². The van der Waals surface area contributed by atoms with Crippen LogP contribution in [-0.2, 0) is 0 Å². The van der Waals surface area contributed by atoms with Crippen LogP contribution in [0.4, 0.5) is 45.5 Å². The van der Waals surface area contributed by atoms with E-state index < -0.39 is 0 Å². The Labute approximate surface area is 342 Å². The van der Waals surface area contributed by atoms with E-state index >= 15 is 0 Å². The molecule has 0 atom stereocenters. The topological polar surface area (TPSA) is 18.5 Å². The highest BCUT2D eigenvalue weighted by Crippen LogP contribution is 2.47. The van der Waals surface area contributed by atoms with Crippen LogP contribution in [0.2, 0.25) is 0 Å². The zero-order valence-electron chi connectivity index (χ0n) is 32.3. The zero-order chi connectivity index (χ0) is 38.7. The summed E-state index contributed by atoms with van der Waals surface area (Å²) >= 11 is 0. The molecular formula is C54H42BN3. The summed E-state index contributed by atoms with van der Waals surface area (Å²) in [6.07, 6.45) is 9.08. The summed E-state index contributed by atoms with van der Waals surface area (Å²) in [5, 5.41) is 3.87. The Balaban J connectivity index is 1.25. The van der Waals surface area contributed by atoms with Crippen LogP contribution in [0.3, 0.4) is 0 Å². The fraction of sp³-hybridized carbons (Fsp3) is 0.0370. The van der Waals surface area contributed by atoms with Gasteiger partial charge in [-0.25, -0.2) is 0 Å². The van der Waals surface area contributed by atoms with Gasteiger partial charge in [-0.1, -0.05) is 150 Å². The van der Waals surface area contributed by atoms with Crippen LogP contribution in [0, 0.1) is 0 Å². The van der Waals surface area contributed by atoms with Crippen molar-refractivity contribution in [3.63, 3.8) is 0 Å². The van der Waals surface area contributed by atoms with E-state index in [-0.39, 0.29) is 0 Å². The molecule has 58 heavy (non-hydrogen) atoms. The van der Waals surface area contributed by atoms with Crippen molar-refractivity contribution in [3.8, 4) is 22.3 Å². The molecule has 0 radical (unpaired) electrons. The monoisotopic (exact) mass is 743 g/mol. The molecule has 1 aliphatic heterocycles. The van der Waals surface area contributed by atoms with Crippen molar-refractivity contribution >= 4 is 69.3 Å². The Morgan fingerprint density at radius 2 is 1.16 bits per heavy atom. The van der Waals surface area contributed by atoms with Gasteiger partial charge in [0.05, 0.1) is 5.69 Å². The average Bonchev–Trinajstić information content (AvgIpc) is 3.29. The van der Waals surface area contributed by atoms with Gasteiger partial charge in [0.25, 0.3) is 0 Å². The number of hydrogen-bond donors (Lipinski definition) is 1. The van der Waals surface area contributed by atoms with Crippen molar-refractivity contribution in [2.75, 3.05) is 15.1 Å². The summed E-state index contributed by atoms with van der Waals surface area (Å²) in [7, 11) is 0.764. The van der Waals surface area contributed by atoms with Crippen molar-refractivity contribution in [2.45, 2.75) is 12.8 Å². The lowest BCUT2D eigenvalue weighted by Crippen LogP contribution is -2.35. The van der Waals surface area contributed by atoms with Crippen LogP contribution in [0.5, 0.6) is 0 Å². The molecule has 0 amide bonds. The number of para-hydroxylation sites is 3. The standard InChI is InChI=1S/C54H42BN3/c1-6-18-39(19-7-1)41-22-16-29-46(36-41)58-52-31-17-30-51(56-43-23-10-3-11-24-43)54(52)48-38-47(57(44-25-12-4-13-26-44)45-27-14-5-15-28-45)33-35-49(48)55-50-34-32-42(37-53(50)58)40-20-8-2-9-21-40/h2-6,8-38,55-56H,1,7H2. The maximum Gasteiger partial charge on any atom is 0.195 e. The Hall–Kier alpha value is -7.30. The highest BCUT2D eigenvalue weighted by molar-refractivity contribution is 6.70. The predicted molar refractivity (Wildman–Crippen MR) is 249 cm³/mol. The normalized spacial score (nSPS) is 12.8. The molecule has 1 N–H and O–H groups in total. The maximum atomic E-state index is 3.87. The first kappa shape index (κ1) is 35.1. The summed E-state index contributed by atoms with van der Waals surface area (Å²) in [6, 6.07) is 72.5. The van der Waals surface area contributed by atoms with Gasteiger partial charge < -0.3 is 15.1 Å². The van der Waals surface area contributed by atoms with Gasteiger partial charge >= 0.3 is 0 Å². The second-order valence-corrected chi connectivity index (χ2v) is 14.9. The Kier molecular flexibility index (Phi) is 9.50. The van der Waals surface area contributed by atoms with Crippen LogP contribution in [0.1, 0.15) is 18.4 Å². The van der Waals surface area contributed by atoms with E-state index in [1.807, 2.05) is 0 Å². The van der Waals surface area contributed by atoms with E-state index in [2.05, 4.69) is 234 Å². The van der Waals surface area contributed by atoms with Gasteiger partial charge in [0.1, 0.15) is 0 Å². The minimum absolute atomic E-state index is 0.764. The average molecular weight is 744 g/mol. The fourth-order valence-corrected chi connectivity index (χ4v) is 8.48. The molecule has 4 heteroatoms. The van der Waals surface area contributed by atoms with Crippen molar-refractivity contribution in [1.82, 2.24) is 0 Å². The Morgan fingerprint density at radius 1 is 0.483 bits per heavy atom. The minimum Gasteiger partial charge on any atom is -0.355 e. The second kappa shape index (κ2) is 15.7. The van der Waals surface area contributed by atoms with Crippen LogP contribution >= 0.6 is 0 Å². The van der Waals surface area contributed by atoms with Gasteiger partial charge in [0, 0.05) is 45.4 Å². The summed E-state index contributed by atoms with van der Waals surface area (Å²) in [5.74, 6) is 0. The highest BCUT2D eigenvalue weighted by atomic mass is 15.2. The van der Waals surface area contributed by atoms with Crippen molar-refractivity contribution < 1.29 is 0 Å². The smallest absolute Gasteiger partial charge is 0.195 e. The Morgan fingerprint density at radius 3 is 1.88 bits per heavy atom. The molecule has 0 bridgehead atoms. The van der Waals surface area contributed by atoms with Gasteiger partial charge in [-0.05, 0) is 120 Å². The summed E-state index contributed by atoms with van der Waals surface area (Å²) in [4.78, 5) is 4.87. The third kappa shape index (κ3) is 6.90. The lowest BCUT2D eigenvalue weighted by atomic mass is 9.60. The van der Waals surface area contributed by atoms with Crippen molar-refractivity contribution in [2.24, 2.45) is 0 Å². The molecule has 276 valence electrons. The third-order valence-electron chi connectivity index (χ3n) is 11.2. The fourth-order valence-electron chi connectivity index (χ4n) is 8.48. The quantitative estimate of drug-likeness (QED) is 0.156. The molecule has 8 aromatic rings. The molecule has 0 aromatic heterocycles. The van der Waals surface area contributed by atoms with Gasteiger partial charge in [0.15, 0.2) is 7.28 Å². The van der Waals surface area contributed by atoms with Crippen molar-refractivity contribution in [1.29, 1.82) is 0 Å². The molecule has 2 aliphatic rings. The van der Waals surface area contributed by atoms with Gasteiger partial charge in [-0.15, -0.1) is 0 Å². The number of allylic oxidation sites excluding steroid dienone is 4. The van der Waals surface area contributed by atoms with E-state index in [4.69, 9.17) is 0 Å². The summed E-state index contributed by atoms with van der Waals surface area (Å²) in [5.41, 5.74) is 18.6. The molecule has 1 aliphatic carbocycles. The third-order valence-corrected chi connectivity index (χ3v) is 11.2. The number of rotatable bonds is 8. The second-order valence-electron chi connectivity index (χ2n) is 14.9. The number of benzene rings is 8. The van der Waals surface area contributed by atoms with E-state index in [1.165, 1.54) is 44.4 Å². The summed E-state index contributed by atoms with van der Waals surface area (Å²) < 4.78 is 0. The van der Waals surface area contributed by atoms with E-state index in [0.717, 1.165) is 65.5 Å². The number of nitrogens with one attached hydrogen (secondary N) is 1. The molecular weight excluding hydrogens is 701 g/mol. The highest BCUT2D eigenvalue weighted by Gasteiger charge is 2.28. The molecule has 0 saturated heterocycles. The lowest BCUT2D eigenvalue weighted by Gasteiger charge is -2.34. The van der Waals surface area contributed by atoms with Crippen LogP contribution in [0.25, 0.3) is 27.8 Å². The first-order valence-electron chi connectivity index (χ1n) is 20.2. The molecule has 0 fully saturated rings. The largest absolute Gasteiger partial charge is 0.355 e. The minimum atomic E-state index is 0.764. The van der Waals surface area contributed by atoms with E-state index in [1.54, 1.807) is 0 Å². The number of nitrogens with zero attached hydrogens (tertiary/aromatic N) is 2. The van der Waals surface area contributed by atoms with E-state index in [0.29, 0.717) is 0 Å². The SMILES string of the molecule is B1c2ccc(N(c3ccccc3)c3ccccc3)cc2-c2c(Nc3ccccc3)cccc2N(c2cccc(C3=CCCC=C3)c2)c2cc(-c3ccccc3)ccc21. The molecule has 3 nitrogen and oxygen atoms in total. The summed E-state index contributed by atoms with van der Waals surface area (Å²) in [6.45, 7) is 0.